The highest BCUT2D eigenvalue weighted by Gasteiger charge is 2.29. The SMILES string of the molecule is CCCn1c(CSc2nnc(C3CC3)n2C)nc2cc(S(=O)(=O)N(C)C)ccc21. The lowest BCUT2D eigenvalue weighted by molar-refractivity contribution is 0.521. The number of aryl methyl sites for hydroxylation is 1. The van der Waals surface area contributed by atoms with Gasteiger partial charge in [-0.15, -0.1) is 10.2 Å². The minimum atomic E-state index is -3.49. The van der Waals surface area contributed by atoms with Gasteiger partial charge >= 0.3 is 0 Å². The molecule has 3 aromatic rings. The third-order valence-electron chi connectivity index (χ3n) is 5.17. The Hall–Kier alpha value is -1.91. The van der Waals surface area contributed by atoms with Gasteiger partial charge < -0.3 is 9.13 Å². The molecule has 0 bridgehead atoms. The fourth-order valence-electron chi connectivity index (χ4n) is 3.39. The van der Waals surface area contributed by atoms with Crippen LogP contribution in [-0.4, -0.2) is 51.1 Å². The van der Waals surface area contributed by atoms with E-state index in [0.29, 0.717) is 17.2 Å². The van der Waals surface area contributed by atoms with Gasteiger partial charge in [-0.25, -0.2) is 17.7 Å². The van der Waals surface area contributed by atoms with Crippen LogP contribution < -0.4 is 0 Å². The van der Waals surface area contributed by atoms with E-state index in [9.17, 15) is 8.42 Å². The average molecular weight is 435 g/mol. The first-order chi connectivity index (χ1) is 13.8. The number of nitrogens with zero attached hydrogens (tertiary/aromatic N) is 6. The lowest BCUT2D eigenvalue weighted by atomic mass is 10.3. The maximum atomic E-state index is 12.5. The lowest BCUT2D eigenvalue weighted by Crippen LogP contribution is -2.22. The van der Waals surface area contributed by atoms with Crippen molar-refractivity contribution in [2.75, 3.05) is 14.1 Å². The van der Waals surface area contributed by atoms with E-state index in [2.05, 4.69) is 26.3 Å². The van der Waals surface area contributed by atoms with Gasteiger partial charge in [-0.2, -0.15) is 0 Å². The predicted octanol–water partition coefficient (Wildman–Crippen LogP) is 2.99. The Morgan fingerprint density at radius 3 is 2.66 bits per heavy atom. The fourth-order valence-corrected chi connectivity index (χ4v) is 5.18. The van der Waals surface area contributed by atoms with E-state index in [1.165, 1.54) is 31.2 Å². The standard InChI is InChI=1S/C19H26N6O2S2/c1-5-10-25-16-9-8-14(29(26,27)23(2)3)11-15(16)20-17(25)12-28-19-22-21-18(24(19)4)13-6-7-13/h8-9,11,13H,5-7,10,12H2,1-4H3. The molecular weight excluding hydrogens is 408 g/mol. The molecule has 1 aliphatic carbocycles. The van der Waals surface area contributed by atoms with Crippen LogP contribution in [0.5, 0.6) is 0 Å². The molecular formula is C19H26N6O2S2. The second kappa shape index (κ2) is 7.73. The van der Waals surface area contributed by atoms with Crippen molar-refractivity contribution in [1.82, 2.24) is 28.6 Å². The van der Waals surface area contributed by atoms with E-state index in [4.69, 9.17) is 4.98 Å². The summed E-state index contributed by atoms with van der Waals surface area (Å²) in [5, 5.41) is 9.57. The normalized spacial score (nSPS) is 14.9. The fraction of sp³-hybridized carbons (Fsp3) is 0.526. The highest BCUT2D eigenvalue weighted by Crippen LogP contribution is 2.39. The molecule has 1 fully saturated rings. The van der Waals surface area contributed by atoms with Crippen LogP contribution in [0.1, 0.15) is 43.8 Å². The summed E-state index contributed by atoms with van der Waals surface area (Å²) in [4.78, 5) is 5.03. The summed E-state index contributed by atoms with van der Waals surface area (Å²) < 4.78 is 30.4. The van der Waals surface area contributed by atoms with Gasteiger partial charge in [-0.05, 0) is 37.5 Å². The van der Waals surface area contributed by atoms with Crippen LogP contribution in [0, 0.1) is 0 Å². The number of imidazole rings is 1. The molecule has 2 aromatic heterocycles. The van der Waals surface area contributed by atoms with Gasteiger partial charge in [0.25, 0.3) is 0 Å². The van der Waals surface area contributed by atoms with Crippen molar-refractivity contribution < 1.29 is 8.42 Å². The van der Waals surface area contributed by atoms with Gasteiger partial charge in [-0.3, -0.25) is 0 Å². The molecule has 0 amide bonds. The summed E-state index contributed by atoms with van der Waals surface area (Å²) in [6.07, 6.45) is 3.36. The van der Waals surface area contributed by atoms with Crippen LogP contribution in [0.3, 0.4) is 0 Å². The Labute approximate surface area is 175 Å². The number of rotatable bonds is 8. The molecule has 0 saturated heterocycles. The van der Waals surface area contributed by atoms with Crippen LogP contribution in [-0.2, 0) is 29.4 Å². The maximum Gasteiger partial charge on any atom is 0.242 e. The van der Waals surface area contributed by atoms with Gasteiger partial charge in [0.1, 0.15) is 11.6 Å². The molecule has 2 heterocycles. The zero-order valence-electron chi connectivity index (χ0n) is 17.2. The molecule has 0 spiro atoms. The Bertz CT molecular complexity index is 1150. The van der Waals surface area contributed by atoms with Gasteiger partial charge in [0, 0.05) is 33.6 Å². The summed E-state index contributed by atoms with van der Waals surface area (Å²) >= 11 is 1.62. The Kier molecular flexibility index (Phi) is 5.43. The zero-order chi connectivity index (χ0) is 20.8. The van der Waals surface area contributed by atoms with Crippen molar-refractivity contribution in [1.29, 1.82) is 0 Å². The molecule has 0 N–H and O–H groups in total. The van der Waals surface area contributed by atoms with Crippen molar-refractivity contribution in [2.45, 2.75) is 54.5 Å². The number of hydrogen-bond acceptors (Lipinski definition) is 6. The van der Waals surface area contributed by atoms with Crippen molar-refractivity contribution >= 4 is 32.8 Å². The van der Waals surface area contributed by atoms with Crippen molar-refractivity contribution in [3.63, 3.8) is 0 Å². The minimum absolute atomic E-state index is 0.262. The van der Waals surface area contributed by atoms with Crippen LogP contribution >= 0.6 is 11.8 Å². The molecule has 0 atom stereocenters. The molecule has 4 rings (SSSR count). The van der Waals surface area contributed by atoms with Gasteiger partial charge in [0.2, 0.25) is 10.0 Å². The maximum absolute atomic E-state index is 12.5. The summed E-state index contributed by atoms with van der Waals surface area (Å²) in [6.45, 7) is 2.95. The van der Waals surface area contributed by atoms with E-state index < -0.39 is 10.0 Å². The van der Waals surface area contributed by atoms with Crippen molar-refractivity contribution in [3.8, 4) is 0 Å². The number of sulfonamides is 1. The van der Waals surface area contributed by atoms with E-state index in [1.54, 1.807) is 23.9 Å². The third kappa shape index (κ3) is 3.80. The second-order valence-corrected chi connectivity index (χ2v) is 10.7. The number of benzene rings is 1. The zero-order valence-corrected chi connectivity index (χ0v) is 18.8. The summed E-state index contributed by atoms with van der Waals surface area (Å²) in [5.74, 6) is 3.19. The van der Waals surface area contributed by atoms with Crippen LogP contribution in [0.2, 0.25) is 0 Å². The monoisotopic (exact) mass is 434 g/mol. The minimum Gasteiger partial charge on any atom is -0.327 e. The summed E-state index contributed by atoms with van der Waals surface area (Å²) in [5.41, 5.74) is 1.66. The molecule has 29 heavy (non-hydrogen) atoms. The molecule has 1 saturated carbocycles. The predicted molar refractivity (Wildman–Crippen MR) is 113 cm³/mol. The molecule has 1 aliphatic rings. The molecule has 0 unspecified atom stereocenters. The smallest absolute Gasteiger partial charge is 0.242 e. The second-order valence-electron chi connectivity index (χ2n) is 7.58. The number of thioether (sulfide) groups is 1. The Morgan fingerprint density at radius 1 is 1.24 bits per heavy atom. The van der Waals surface area contributed by atoms with Crippen LogP contribution in [0.25, 0.3) is 11.0 Å². The highest BCUT2D eigenvalue weighted by atomic mass is 32.2. The Balaban J connectivity index is 1.65. The van der Waals surface area contributed by atoms with Crippen LogP contribution in [0.15, 0.2) is 28.3 Å². The molecule has 1 aromatic carbocycles. The van der Waals surface area contributed by atoms with Crippen LogP contribution in [0.4, 0.5) is 0 Å². The average Bonchev–Trinajstić information content (AvgIpc) is 3.38. The summed E-state index contributed by atoms with van der Waals surface area (Å²) in [6, 6.07) is 5.18. The van der Waals surface area contributed by atoms with E-state index in [-0.39, 0.29) is 4.90 Å². The van der Waals surface area contributed by atoms with Gasteiger partial charge in [0.05, 0.1) is 21.7 Å². The number of hydrogen-bond donors (Lipinski definition) is 0. The van der Waals surface area contributed by atoms with Gasteiger partial charge in [0.15, 0.2) is 5.16 Å². The molecule has 156 valence electrons. The quantitative estimate of drug-likeness (QED) is 0.507. The first-order valence-corrected chi connectivity index (χ1v) is 12.2. The van der Waals surface area contributed by atoms with E-state index in [0.717, 1.165) is 35.3 Å². The third-order valence-corrected chi connectivity index (χ3v) is 7.99. The molecule has 0 aliphatic heterocycles. The molecule has 10 heteroatoms. The largest absolute Gasteiger partial charge is 0.327 e. The first-order valence-electron chi connectivity index (χ1n) is 9.76. The van der Waals surface area contributed by atoms with Crippen molar-refractivity contribution in [2.24, 2.45) is 7.05 Å². The molecule has 8 nitrogen and oxygen atoms in total. The van der Waals surface area contributed by atoms with E-state index >= 15 is 0 Å². The lowest BCUT2D eigenvalue weighted by Gasteiger charge is -2.11. The summed E-state index contributed by atoms with van der Waals surface area (Å²) in [7, 11) is 1.60. The highest BCUT2D eigenvalue weighted by molar-refractivity contribution is 7.98. The van der Waals surface area contributed by atoms with E-state index in [1.807, 2.05) is 13.1 Å². The molecule has 0 radical (unpaired) electrons. The van der Waals surface area contributed by atoms with Gasteiger partial charge in [-0.1, -0.05) is 18.7 Å². The number of fused-ring (bicyclic) bond motifs is 1. The Morgan fingerprint density at radius 2 is 2.00 bits per heavy atom. The van der Waals surface area contributed by atoms with Crippen molar-refractivity contribution in [3.05, 3.63) is 29.8 Å². The topological polar surface area (TPSA) is 85.9 Å². The first kappa shape index (κ1) is 20.4. The number of aromatic nitrogens is 5.